The summed E-state index contributed by atoms with van der Waals surface area (Å²) < 4.78 is 2.09. The van der Waals surface area contributed by atoms with E-state index in [1.165, 1.54) is 17.7 Å². The molecule has 19 heavy (non-hydrogen) atoms. The molecule has 3 rings (SSSR count). The first kappa shape index (κ1) is 12.7. The van der Waals surface area contributed by atoms with Gasteiger partial charge in [0.15, 0.2) is 0 Å². The molecular weight excluding hydrogens is 240 g/mol. The Hall–Kier alpha value is -1.36. The Morgan fingerprint density at radius 2 is 2.26 bits per heavy atom. The lowest BCUT2D eigenvalue weighted by Crippen LogP contribution is -2.40. The first-order valence-corrected chi connectivity index (χ1v) is 7.26. The van der Waals surface area contributed by atoms with Crippen LogP contribution < -0.4 is 5.32 Å². The highest BCUT2D eigenvalue weighted by Gasteiger charge is 2.33. The van der Waals surface area contributed by atoms with E-state index in [9.17, 15) is 4.79 Å². The highest BCUT2D eigenvalue weighted by Crippen LogP contribution is 2.30. The molecule has 1 N–H and O–H groups in total. The molecule has 104 valence electrons. The van der Waals surface area contributed by atoms with Gasteiger partial charge in [-0.2, -0.15) is 5.10 Å². The van der Waals surface area contributed by atoms with Crippen LogP contribution in [-0.2, 0) is 17.8 Å². The summed E-state index contributed by atoms with van der Waals surface area (Å²) in [5, 5.41) is 8.00. The van der Waals surface area contributed by atoms with Gasteiger partial charge in [-0.15, -0.1) is 0 Å². The minimum Gasteiger partial charge on any atom is -0.344 e. The molecule has 1 aromatic rings. The standard InChI is InChI=1S/C14H22N4O/c1-3-18-13-6-4-5-11(10(13)9-15-18)16-12-7-8-17(2)14(12)19/h9,11-12,16H,3-8H2,1-2H3. The first-order chi connectivity index (χ1) is 9.20. The number of carbonyl (C=O) groups is 1. The van der Waals surface area contributed by atoms with Gasteiger partial charge in [-0.3, -0.25) is 14.8 Å². The van der Waals surface area contributed by atoms with Gasteiger partial charge in [-0.25, -0.2) is 0 Å². The van der Waals surface area contributed by atoms with Crippen molar-refractivity contribution >= 4 is 5.91 Å². The molecule has 0 spiro atoms. The zero-order valence-corrected chi connectivity index (χ0v) is 11.7. The molecule has 2 unspecified atom stereocenters. The second-order valence-corrected chi connectivity index (χ2v) is 5.57. The zero-order valence-electron chi connectivity index (χ0n) is 11.7. The van der Waals surface area contributed by atoms with Gasteiger partial charge in [0.05, 0.1) is 12.2 Å². The van der Waals surface area contributed by atoms with Crippen LogP contribution >= 0.6 is 0 Å². The number of nitrogens with zero attached hydrogens (tertiary/aromatic N) is 3. The summed E-state index contributed by atoms with van der Waals surface area (Å²) in [6, 6.07) is 0.287. The molecule has 5 nitrogen and oxygen atoms in total. The zero-order chi connectivity index (χ0) is 13.4. The van der Waals surface area contributed by atoms with Gasteiger partial charge in [0.2, 0.25) is 5.91 Å². The number of rotatable bonds is 3. The maximum Gasteiger partial charge on any atom is 0.239 e. The Kier molecular flexibility index (Phi) is 3.31. The predicted octanol–water partition coefficient (Wildman–Crippen LogP) is 1.10. The van der Waals surface area contributed by atoms with Crippen LogP contribution in [-0.4, -0.2) is 40.2 Å². The molecule has 0 aromatic carbocycles. The molecule has 1 aromatic heterocycles. The number of aryl methyl sites for hydroxylation is 1. The molecule has 0 bridgehead atoms. The van der Waals surface area contributed by atoms with E-state index in [4.69, 9.17) is 0 Å². The number of likely N-dealkylation sites (tertiary alicyclic amines) is 1. The maximum atomic E-state index is 12.0. The summed E-state index contributed by atoms with van der Waals surface area (Å²) in [6.07, 6.45) is 6.30. The summed E-state index contributed by atoms with van der Waals surface area (Å²) in [4.78, 5) is 13.8. The van der Waals surface area contributed by atoms with E-state index < -0.39 is 0 Å². The van der Waals surface area contributed by atoms with Crippen LogP contribution in [0.25, 0.3) is 0 Å². The number of hydrogen-bond acceptors (Lipinski definition) is 3. The molecule has 0 saturated carbocycles. The van der Waals surface area contributed by atoms with Crippen LogP contribution in [0.3, 0.4) is 0 Å². The molecule has 1 fully saturated rings. The monoisotopic (exact) mass is 262 g/mol. The van der Waals surface area contributed by atoms with E-state index in [1.807, 2.05) is 18.1 Å². The highest BCUT2D eigenvalue weighted by atomic mass is 16.2. The van der Waals surface area contributed by atoms with Gasteiger partial charge in [-0.1, -0.05) is 0 Å². The number of fused-ring (bicyclic) bond motifs is 1. The van der Waals surface area contributed by atoms with Gasteiger partial charge in [-0.05, 0) is 32.6 Å². The Morgan fingerprint density at radius 3 is 2.95 bits per heavy atom. The lowest BCUT2D eigenvalue weighted by atomic mass is 9.92. The van der Waals surface area contributed by atoms with Gasteiger partial charge >= 0.3 is 0 Å². The minimum atomic E-state index is -0.00840. The van der Waals surface area contributed by atoms with Crippen LogP contribution in [0.5, 0.6) is 0 Å². The third-order valence-electron chi connectivity index (χ3n) is 4.39. The van der Waals surface area contributed by atoms with E-state index in [1.54, 1.807) is 0 Å². The van der Waals surface area contributed by atoms with Crippen molar-refractivity contribution in [2.24, 2.45) is 0 Å². The summed E-state index contributed by atoms with van der Waals surface area (Å²) in [5.41, 5.74) is 2.65. The molecule has 1 saturated heterocycles. The van der Waals surface area contributed by atoms with Crippen molar-refractivity contribution in [3.8, 4) is 0 Å². The third-order valence-corrected chi connectivity index (χ3v) is 4.39. The molecule has 2 atom stereocenters. The number of hydrogen-bond donors (Lipinski definition) is 1. The number of amides is 1. The Labute approximate surface area is 114 Å². The molecule has 1 aliphatic heterocycles. The average molecular weight is 262 g/mol. The van der Waals surface area contributed by atoms with Gasteiger partial charge in [0.25, 0.3) is 0 Å². The fraction of sp³-hybridized carbons (Fsp3) is 0.714. The van der Waals surface area contributed by atoms with E-state index in [2.05, 4.69) is 22.0 Å². The van der Waals surface area contributed by atoms with Gasteiger partial charge in [0.1, 0.15) is 0 Å². The number of aromatic nitrogens is 2. The van der Waals surface area contributed by atoms with E-state index in [-0.39, 0.29) is 11.9 Å². The highest BCUT2D eigenvalue weighted by molar-refractivity contribution is 5.83. The van der Waals surface area contributed by atoms with Crippen molar-refractivity contribution in [1.29, 1.82) is 0 Å². The van der Waals surface area contributed by atoms with E-state index in [0.717, 1.165) is 32.4 Å². The molecular formula is C14H22N4O. The topological polar surface area (TPSA) is 50.2 Å². The van der Waals surface area contributed by atoms with Crippen molar-refractivity contribution in [2.75, 3.05) is 13.6 Å². The summed E-state index contributed by atoms with van der Waals surface area (Å²) >= 11 is 0. The molecule has 2 heterocycles. The molecule has 0 radical (unpaired) electrons. The lowest BCUT2D eigenvalue weighted by molar-refractivity contribution is -0.128. The van der Waals surface area contributed by atoms with Crippen molar-refractivity contribution in [1.82, 2.24) is 20.0 Å². The fourth-order valence-electron chi connectivity index (χ4n) is 3.28. The Balaban J connectivity index is 1.77. The van der Waals surface area contributed by atoms with Crippen LogP contribution in [0, 0.1) is 0 Å². The summed E-state index contributed by atoms with van der Waals surface area (Å²) in [6.45, 7) is 3.91. The third kappa shape index (κ3) is 2.16. The number of carbonyl (C=O) groups excluding carboxylic acids is 1. The van der Waals surface area contributed by atoms with Gasteiger partial charge in [0, 0.05) is 37.4 Å². The Bertz CT molecular complexity index is 482. The van der Waals surface area contributed by atoms with Gasteiger partial charge < -0.3 is 4.90 Å². The van der Waals surface area contributed by atoms with Crippen molar-refractivity contribution in [3.63, 3.8) is 0 Å². The second kappa shape index (κ2) is 4.96. The molecule has 1 aliphatic carbocycles. The van der Waals surface area contributed by atoms with Crippen LogP contribution in [0.15, 0.2) is 6.20 Å². The molecule has 5 heteroatoms. The first-order valence-electron chi connectivity index (χ1n) is 7.26. The van der Waals surface area contributed by atoms with E-state index >= 15 is 0 Å². The molecule has 2 aliphatic rings. The van der Waals surface area contributed by atoms with Crippen LogP contribution in [0.2, 0.25) is 0 Å². The Morgan fingerprint density at radius 1 is 1.42 bits per heavy atom. The normalized spacial score (nSPS) is 26.8. The number of likely N-dealkylation sites (N-methyl/N-ethyl adjacent to an activating group) is 1. The van der Waals surface area contributed by atoms with Crippen molar-refractivity contribution < 1.29 is 4.79 Å². The fourth-order valence-corrected chi connectivity index (χ4v) is 3.28. The van der Waals surface area contributed by atoms with Crippen LogP contribution in [0.1, 0.15) is 43.5 Å². The quantitative estimate of drug-likeness (QED) is 0.887. The molecule has 1 amide bonds. The van der Waals surface area contributed by atoms with Crippen LogP contribution in [0.4, 0.5) is 0 Å². The van der Waals surface area contributed by atoms with Crippen molar-refractivity contribution in [3.05, 3.63) is 17.5 Å². The lowest BCUT2D eigenvalue weighted by Gasteiger charge is -2.26. The average Bonchev–Trinajstić information content (AvgIpc) is 2.98. The largest absolute Gasteiger partial charge is 0.344 e. The SMILES string of the molecule is CCn1ncc2c1CCCC2NC1CCN(C)C1=O. The smallest absolute Gasteiger partial charge is 0.239 e. The number of nitrogens with one attached hydrogen (secondary N) is 1. The summed E-state index contributed by atoms with van der Waals surface area (Å²) in [5.74, 6) is 0.231. The summed E-state index contributed by atoms with van der Waals surface area (Å²) in [7, 11) is 1.88. The minimum absolute atomic E-state index is 0.00840. The predicted molar refractivity (Wildman–Crippen MR) is 72.8 cm³/mol. The van der Waals surface area contributed by atoms with E-state index in [0.29, 0.717) is 6.04 Å². The second-order valence-electron chi connectivity index (χ2n) is 5.57. The maximum absolute atomic E-state index is 12.0. The van der Waals surface area contributed by atoms with Crippen molar-refractivity contribution in [2.45, 2.75) is 51.2 Å².